The molecule has 4 rings (SSSR count). The molecule has 2 saturated heterocycles. The van der Waals surface area contributed by atoms with Gasteiger partial charge in [0.1, 0.15) is 6.10 Å². The first-order valence-electron chi connectivity index (χ1n) is 9.24. The minimum atomic E-state index is -0.298. The number of piperazine rings is 1. The number of carbonyl (C=O) groups excluding carboxylic acids is 3. The predicted molar refractivity (Wildman–Crippen MR) is 94.9 cm³/mol. The quantitative estimate of drug-likeness (QED) is 0.858. The van der Waals surface area contributed by atoms with E-state index in [0.717, 1.165) is 24.1 Å². The SMILES string of the molecule is O=C1CCc2cc(C(=O)N3CCN(C(=O)C4CCCO4)CC3)ccc2N1. The molecule has 138 valence electrons. The third kappa shape index (κ3) is 3.31. The molecule has 1 aromatic carbocycles. The van der Waals surface area contributed by atoms with Crippen LogP contribution < -0.4 is 5.32 Å². The van der Waals surface area contributed by atoms with E-state index in [1.165, 1.54) is 0 Å². The number of ether oxygens (including phenoxy) is 1. The number of nitrogens with one attached hydrogen (secondary N) is 1. The Morgan fingerprint density at radius 1 is 1.08 bits per heavy atom. The van der Waals surface area contributed by atoms with Crippen molar-refractivity contribution in [2.45, 2.75) is 31.8 Å². The molecule has 26 heavy (non-hydrogen) atoms. The minimum absolute atomic E-state index is 0.0172. The highest BCUT2D eigenvalue weighted by molar-refractivity contribution is 5.98. The van der Waals surface area contributed by atoms with E-state index in [0.29, 0.717) is 51.2 Å². The maximum absolute atomic E-state index is 12.8. The molecular formula is C19H23N3O4. The summed E-state index contributed by atoms with van der Waals surface area (Å²) in [6, 6.07) is 5.44. The predicted octanol–water partition coefficient (Wildman–Crippen LogP) is 1.03. The fourth-order valence-electron chi connectivity index (χ4n) is 3.80. The Bertz CT molecular complexity index is 734. The number of rotatable bonds is 2. The van der Waals surface area contributed by atoms with Crippen molar-refractivity contribution in [3.8, 4) is 0 Å². The third-order valence-electron chi connectivity index (χ3n) is 5.33. The lowest BCUT2D eigenvalue weighted by Crippen LogP contribution is -2.52. The number of fused-ring (bicyclic) bond motifs is 1. The lowest BCUT2D eigenvalue weighted by molar-refractivity contribution is -0.142. The fourth-order valence-corrected chi connectivity index (χ4v) is 3.80. The van der Waals surface area contributed by atoms with Crippen molar-refractivity contribution in [3.05, 3.63) is 29.3 Å². The van der Waals surface area contributed by atoms with Crippen LogP contribution in [0, 0.1) is 0 Å². The summed E-state index contributed by atoms with van der Waals surface area (Å²) in [4.78, 5) is 40.2. The highest BCUT2D eigenvalue weighted by Crippen LogP contribution is 2.24. The molecular weight excluding hydrogens is 334 g/mol. The fraction of sp³-hybridized carbons (Fsp3) is 0.526. The molecule has 0 radical (unpaired) electrons. The van der Waals surface area contributed by atoms with Crippen molar-refractivity contribution in [3.63, 3.8) is 0 Å². The molecule has 3 aliphatic heterocycles. The van der Waals surface area contributed by atoms with Gasteiger partial charge in [-0.25, -0.2) is 0 Å². The van der Waals surface area contributed by atoms with Gasteiger partial charge in [0.05, 0.1) is 0 Å². The number of aryl methyl sites for hydroxylation is 1. The zero-order valence-corrected chi connectivity index (χ0v) is 14.7. The van der Waals surface area contributed by atoms with Crippen molar-refractivity contribution >= 4 is 23.4 Å². The van der Waals surface area contributed by atoms with E-state index in [1.54, 1.807) is 17.0 Å². The molecule has 7 heteroatoms. The lowest BCUT2D eigenvalue weighted by atomic mass is 10.00. The third-order valence-corrected chi connectivity index (χ3v) is 5.33. The van der Waals surface area contributed by atoms with Gasteiger partial charge in [-0.2, -0.15) is 0 Å². The first-order chi connectivity index (χ1) is 12.6. The number of nitrogens with zero attached hydrogens (tertiary/aromatic N) is 2. The summed E-state index contributed by atoms with van der Waals surface area (Å²) >= 11 is 0. The van der Waals surface area contributed by atoms with Crippen LogP contribution in [0.3, 0.4) is 0 Å². The van der Waals surface area contributed by atoms with Gasteiger partial charge < -0.3 is 19.9 Å². The van der Waals surface area contributed by atoms with Gasteiger partial charge in [0.2, 0.25) is 5.91 Å². The first kappa shape index (κ1) is 17.0. The minimum Gasteiger partial charge on any atom is -0.368 e. The van der Waals surface area contributed by atoms with E-state index in [-0.39, 0.29) is 23.8 Å². The van der Waals surface area contributed by atoms with E-state index in [2.05, 4.69) is 5.32 Å². The van der Waals surface area contributed by atoms with Gasteiger partial charge in [0.15, 0.2) is 0 Å². The average Bonchev–Trinajstić information content (AvgIpc) is 3.21. The maximum Gasteiger partial charge on any atom is 0.253 e. The molecule has 3 amide bonds. The number of hydrogen-bond donors (Lipinski definition) is 1. The molecule has 1 N–H and O–H groups in total. The second-order valence-corrected chi connectivity index (χ2v) is 7.04. The second-order valence-electron chi connectivity index (χ2n) is 7.04. The molecule has 2 fully saturated rings. The van der Waals surface area contributed by atoms with Gasteiger partial charge in [0, 0.05) is 50.5 Å². The normalized spacial score (nSPS) is 22.8. The maximum atomic E-state index is 12.8. The summed E-state index contributed by atoms with van der Waals surface area (Å²) in [5.74, 6) is 0.0524. The van der Waals surface area contributed by atoms with Gasteiger partial charge >= 0.3 is 0 Å². The van der Waals surface area contributed by atoms with Crippen molar-refractivity contribution in [1.82, 2.24) is 9.80 Å². The smallest absolute Gasteiger partial charge is 0.253 e. The number of carbonyl (C=O) groups is 3. The topological polar surface area (TPSA) is 79.0 Å². The van der Waals surface area contributed by atoms with Crippen LogP contribution in [-0.4, -0.2) is 66.4 Å². The lowest BCUT2D eigenvalue weighted by Gasteiger charge is -2.36. The largest absolute Gasteiger partial charge is 0.368 e. The van der Waals surface area contributed by atoms with Gasteiger partial charge in [-0.15, -0.1) is 0 Å². The molecule has 1 aromatic rings. The average molecular weight is 357 g/mol. The van der Waals surface area contributed by atoms with E-state index in [1.807, 2.05) is 11.0 Å². The highest BCUT2D eigenvalue weighted by Gasteiger charge is 2.31. The Morgan fingerprint density at radius 3 is 2.58 bits per heavy atom. The van der Waals surface area contributed by atoms with Crippen LogP contribution in [-0.2, 0) is 20.7 Å². The van der Waals surface area contributed by atoms with E-state index in [4.69, 9.17) is 4.74 Å². The van der Waals surface area contributed by atoms with Gasteiger partial charge in [-0.1, -0.05) is 0 Å². The Balaban J connectivity index is 1.38. The van der Waals surface area contributed by atoms with Crippen molar-refractivity contribution < 1.29 is 19.1 Å². The van der Waals surface area contributed by atoms with Crippen LogP contribution in [0.2, 0.25) is 0 Å². The Labute approximate surface area is 152 Å². The van der Waals surface area contributed by atoms with Gasteiger partial charge in [-0.3, -0.25) is 14.4 Å². The summed E-state index contributed by atoms with van der Waals surface area (Å²) in [7, 11) is 0. The standard InChI is InChI=1S/C19H23N3O4/c23-17-6-4-13-12-14(3-5-15(13)20-17)18(24)21-7-9-22(10-8-21)19(25)16-2-1-11-26-16/h3,5,12,16H,1-2,4,6-11H2,(H,20,23). The van der Waals surface area contributed by atoms with Crippen LogP contribution in [0.5, 0.6) is 0 Å². The molecule has 0 aromatic heterocycles. The molecule has 1 unspecified atom stereocenters. The second kappa shape index (κ2) is 7.07. The molecule has 0 bridgehead atoms. The molecule has 0 saturated carbocycles. The van der Waals surface area contributed by atoms with E-state index < -0.39 is 0 Å². The number of amides is 3. The number of anilines is 1. The van der Waals surface area contributed by atoms with Crippen LogP contribution in [0.25, 0.3) is 0 Å². The number of benzene rings is 1. The summed E-state index contributed by atoms with van der Waals surface area (Å²) in [6.45, 7) is 2.82. The summed E-state index contributed by atoms with van der Waals surface area (Å²) in [5.41, 5.74) is 2.44. The van der Waals surface area contributed by atoms with E-state index in [9.17, 15) is 14.4 Å². The van der Waals surface area contributed by atoms with Crippen LogP contribution in [0.1, 0.15) is 35.2 Å². The van der Waals surface area contributed by atoms with Crippen molar-refractivity contribution in [2.75, 3.05) is 38.1 Å². The monoisotopic (exact) mass is 357 g/mol. The molecule has 3 aliphatic rings. The van der Waals surface area contributed by atoms with Crippen LogP contribution in [0.15, 0.2) is 18.2 Å². The van der Waals surface area contributed by atoms with Crippen LogP contribution >= 0.6 is 0 Å². The van der Waals surface area contributed by atoms with E-state index >= 15 is 0 Å². The van der Waals surface area contributed by atoms with Crippen molar-refractivity contribution in [2.24, 2.45) is 0 Å². The van der Waals surface area contributed by atoms with Gasteiger partial charge in [-0.05, 0) is 43.0 Å². The zero-order valence-electron chi connectivity index (χ0n) is 14.7. The van der Waals surface area contributed by atoms with Crippen molar-refractivity contribution in [1.29, 1.82) is 0 Å². The number of hydrogen-bond acceptors (Lipinski definition) is 4. The highest BCUT2D eigenvalue weighted by atomic mass is 16.5. The van der Waals surface area contributed by atoms with Gasteiger partial charge in [0.25, 0.3) is 11.8 Å². The summed E-state index contributed by atoms with van der Waals surface area (Å²) in [5, 5.41) is 2.83. The molecule has 0 spiro atoms. The molecule has 1 atom stereocenters. The summed E-state index contributed by atoms with van der Waals surface area (Å²) < 4.78 is 5.47. The van der Waals surface area contributed by atoms with Crippen LogP contribution in [0.4, 0.5) is 5.69 Å². The Morgan fingerprint density at radius 2 is 1.85 bits per heavy atom. The molecule has 3 heterocycles. The molecule has 7 nitrogen and oxygen atoms in total. The summed E-state index contributed by atoms with van der Waals surface area (Å²) in [6.07, 6.45) is 2.55. The Kier molecular flexibility index (Phi) is 4.63. The molecule has 0 aliphatic carbocycles. The zero-order chi connectivity index (χ0) is 18.1. The first-order valence-corrected chi connectivity index (χ1v) is 9.24. The Hall–Kier alpha value is -2.41.